The van der Waals surface area contributed by atoms with Gasteiger partial charge in [-0.05, 0) is 18.8 Å². The maximum atomic E-state index is 11.1. The first-order chi connectivity index (χ1) is 7.65. The van der Waals surface area contributed by atoms with Gasteiger partial charge in [-0.1, -0.05) is 0 Å². The molecule has 0 bridgehead atoms. The highest BCUT2D eigenvalue weighted by molar-refractivity contribution is 5.85. The number of carboxylic acids is 1. The van der Waals surface area contributed by atoms with Gasteiger partial charge in [0.1, 0.15) is 12.4 Å². The zero-order valence-electron chi connectivity index (χ0n) is 8.60. The fourth-order valence-corrected chi connectivity index (χ4v) is 1.29. The van der Waals surface area contributed by atoms with Crippen molar-refractivity contribution < 1.29 is 14.6 Å². The van der Waals surface area contributed by atoms with Crippen molar-refractivity contribution in [2.24, 2.45) is 5.92 Å². The third kappa shape index (κ3) is 2.90. The van der Waals surface area contributed by atoms with Crippen molar-refractivity contribution in [3.63, 3.8) is 0 Å². The summed E-state index contributed by atoms with van der Waals surface area (Å²) in [7, 11) is 0. The first kappa shape index (κ1) is 10.8. The molecule has 2 rings (SSSR count). The van der Waals surface area contributed by atoms with Crippen molar-refractivity contribution >= 4 is 5.97 Å². The SMILES string of the molecule is O=C(O)c1cc(=O)[nH]c(COCC2CC2)n1. The monoisotopic (exact) mass is 224 g/mol. The second-order valence-electron chi connectivity index (χ2n) is 3.84. The molecule has 0 radical (unpaired) electrons. The number of nitrogens with zero attached hydrogens (tertiary/aromatic N) is 1. The molecule has 0 aliphatic heterocycles. The Morgan fingerprint density at radius 3 is 3.00 bits per heavy atom. The summed E-state index contributed by atoms with van der Waals surface area (Å²) in [5, 5.41) is 8.70. The van der Waals surface area contributed by atoms with Gasteiger partial charge in [0.15, 0.2) is 5.69 Å². The van der Waals surface area contributed by atoms with E-state index >= 15 is 0 Å². The molecule has 0 spiro atoms. The molecular weight excluding hydrogens is 212 g/mol. The Morgan fingerprint density at radius 2 is 2.38 bits per heavy atom. The van der Waals surface area contributed by atoms with Crippen LogP contribution in [-0.2, 0) is 11.3 Å². The van der Waals surface area contributed by atoms with Crippen LogP contribution in [0.25, 0.3) is 0 Å². The van der Waals surface area contributed by atoms with Crippen LogP contribution in [-0.4, -0.2) is 27.7 Å². The zero-order chi connectivity index (χ0) is 11.5. The Hall–Kier alpha value is -1.69. The van der Waals surface area contributed by atoms with Gasteiger partial charge >= 0.3 is 5.97 Å². The minimum absolute atomic E-state index is 0.146. The Labute approximate surface area is 91.3 Å². The van der Waals surface area contributed by atoms with Crippen molar-refractivity contribution in [3.8, 4) is 0 Å². The molecule has 1 fully saturated rings. The molecule has 1 heterocycles. The minimum Gasteiger partial charge on any atom is -0.477 e. The number of hydrogen-bond acceptors (Lipinski definition) is 4. The molecule has 86 valence electrons. The van der Waals surface area contributed by atoms with E-state index in [1.54, 1.807) is 0 Å². The summed E-state index contributed by atoms with van der Waals surface area (Å²) in [5.74, 6) is -0.338. The van der Waals surface area contributed by atoms with Gasteiger partial charge in [-0.25, -0.2) is 9.78 Å². The van der Waals surface area contributed by atoms with E-state index in [0.717, 1.165) is 6.07 Å². The summed E-state index contributed by atoms with van der Waals surface area (Å²) in [6.07, 6.45) is 2.36. The lowest BCUT2D eigenvalue weighted by atomic mass is 10.4. The number of hydrogen-bond donors (Lipinski definition) is 2. The Bertz CT molecular complexity index is 450. The summed E-state index contributed by atoms with van der Waals surface area (Å²) >= 11 is 0. The molecule has 1 aromatic rings. The lowest BCUT2D eigenvalue weighted by molar-refractivity contribution is 0.0687. The average molecular weight is 224 g/mol. The number of carboxylic acid groups (broad SMARTS) is 1. The molecule has 0 unspecified atom stereocenters. The standard InChI is InChI=1S/C10H12N2O4/c13-9-3-7(10(14)15)11-8(12-9)5-16-4-6-1-2-6/h3,6H,1-2,4-5H2,(H,14,15)(H,11,12,13). The third-order valence-corrected chi connectivity index (χ3v) is 2.30. The van der Waals surface area contributed by atoms with Gasteiger partial charge < -0.3 is 14.8 Å². The number of carbonyl (C=O) groups is 1. The molecule has 1 aliphatic carbocycles. The molecule has 2 N–H and O–H groups in total. The number of H-pyrrole nitrogens is 1. The van der Waals surface area contributed by atoms with E-state index in [-0.39, 0.29) is 18.1 Å². The summed E-state index contributed by atoms with van der Waals surface area (Å²) < 4.78 is 5.31. The van der Waals surface area contributed by atoms with Crippen molar-refractivity contribution in [1.82, 2.24) is 9.97 Å². The normalized spacial score (nSPS) is 15.0. The number of aromatic carboxylic acids is 1. The van der Waals surface area contributed by atoms with E-state index in [0.29, 0.717) is 12.5 Å². The molecule has 0 amide bonds. The largest absolute Gasteiger partial charge is 0.477 e. The topological polar surface area (TPSA) is 92.3 Å². The van der Waals surface area contributed by atoms with E-state index in [1.807, 2.05) is 0 Å². The van der Waals surface area contributed by atoms with Gasteiger partial charge in [0.25, 0.3) is 5.56 Å². The number of aromatic amines is 1. The van der Waals surface area contributed by atoms with Crippen molar-refractivity contribution in [1.29, 1.82) is 0 Å². The first-order valence-electron chi connectivity index (χ1n) is 5.06. The minimum atomic E-state index is -1.21. The van der Waals surface area contributed by atoms with Crippen molar-refractivity contribution in [3.05, 3.63) is 27.9 Å². The molecular formula is C10H12N2O4. The molecule has 0 saturated heterocycles. The van der Waals surface area contributed by atoms with Crippen LogP contribution in [0.4, 0.5) is 0 Å². The van der Waals surface area contributed by atoms with Crippen LogP contribution >= 0.6 is 0 Å². The summed E-state index contributed by atoms with van der Waals surface area (Å²) in [4.78, 5) is 28.0. The fourth-order valence-electron chi connectivity index (χ4n) is 1.29. The molecule has 1 aromatic heterocycles. The quantitative estimate of drug-likeness (QED) is 0.755. The highest BCUT2D eigenvalue weighted by Crippen LogP contribution is 2.28. The maximum Gasteiger partial charge on any atom is 0.354 e. The van der Waals surface area contributed by atoms with Crippen LogP contribution in [0.2, 0.25) is 0 Å². The van der Waals surface area contributed by atoms with E-state index < -0.39 is 11.5 Å². The van der Waals surface area contributed by atoms with E-state index in [1.165, 1.54) is 12.8 Å². The zero-order valence-corrected chi connectivity index (χ0v) is 8.60. The van der Waals surface area contributed by atoms with Crippen LogP contribution in [0.15, 0.2) is 10.9 Å². The van der Waals surface area contributed by atoms with Crippen LogP contribution < -0.4 is 5.56 Å². The van der Waals surface area contributed by atoms with Gasteiger partial charge in [0, 0.05) is 12.7 Å². The predicted molar refractivity (Wildman–Crippen MR) is 54.2 cm³/mol. The molecule has 0 aromatic carbocycles. The smallest absolute Gasteiger partial charge is 0.354 e. The molecule has 6 heteroatoms. The highest BCUT2D eigenvalue weighted by atomic mass is 16.5. The third-order valence-electron chi connectivity index (χ3n) is 2.30. The van der Waals surface area contributed by atoms with Crippen molar-refractivity contribution in [2.45, 2.75) is 19.4 Å². The van der Waals surface area contributed by atoms with Crippen LogP contribution in [0.1, 0.15) is 29.2 Å². The predicted octanol–water partition coefficient (Wildman–Crippen LogP) is 0.395. The van der Waals surface area contributed by atoms with Gasteiger partial charge in [-0.15, -0.1) is 0 Å². The molecule has 1 aliphatic rings. The van der Waals surface area contributed by atoms with Crippen LogP contribution in [0.5, 0.6) is 0 Å². The molecule has 6 nitrogen and oxygen atoms in total. The molecule has 0 atom stereocenters. The Kier molecular flexibility index (Phi) is 3.00. The van der Waals surface area contributed by atoms with Gasteiger partial charge in [0.05, 0.1) is 0 Å². The van der Waals surface area contributed by atoms with Crippen LogP contribution in [0, 0.1) is 5.92 Å². The number of aromatic nitrogens is 2. The lowest BCUT2D eigenvalue weighted by Crippen LogP contribution is -2.16. The van der Waals surface area contributed by atoms with E-state index in [9.17, 15) is 9.59 Å². The summed E-state index contributed by atoms with van der Waals surface area (Å²) in [6, 6.07) is 0.951. The summed E-state index contributed by atoms with van der Waals surface area (Å²) in [5.41, 5.74) is -0.730. The van der Waals surface area contributed by atoms with Gasteiger partial charge in [-0.2, -0.15) is 0 Å². The molecule has 16 heavy (non-hydrogen) atoms. The summed E-state index contributed by atoms with van der Waals surface area (Å²) in [6.45, 7) is 0.786. The second-order valence-corrected chi connectivity index (χ2v) is 3.84. The number of rotatable bonds is 5. The molecule has 1 saturated carbocycles. The number of ether oxygens (including phenoxy) is 1. The number of nitrogens with one attached hydrogen (secondary N) is 1. The van der Waals surface area contributed by atoms with Crippen molar-refractivity contribution in [2.75, 3.05) is 6.61 Å². The Morgan fingerprint density at radius 1 is 1.62 bits per heavy atom. The van der Waals surface area contributed by atoms with E-state index in [4.69, 9.17) is 9.84 Å². The highest BCUT2D eigenvalue weighted by Gasteiger charge is 2.21. The van der Waals surface area contributed by atoms with E-state index in [2.05, 4.69) is 9.97 Å². The Balaban J connectivity index is 2.01. The average Bonchev–Trinajstić information content (AvgIpc) is 3.01. The fraction of sp³-hybridized carbons (Fsp3) is 0.500. The van der Waals surface area contributed by atoms with Gasteiger partial charge in [-0.3, -0.25) is 4.79 Å². The second kappa shape index (κ2) is 4.44. The van der Waals surface area contributed by atoms with Gasteiger partial charge in [0.2, 0.25) is 0 Å². The first-order valence-corrected chi connectivity index (χ1v) is 5.06. The van der Waals surface area contributed by atoms with Crippen LogP contribution in [0.3, 0.4) is 0 Å². The maximum absolute atomic E-state index is 11.1. The lowest BCUT2D eigenvalue weighted by Gasteiger charge is -2.02.